The number of rotatable bonds is 3. The van der Waals surface area contributed by atoms with Gasteiger partial charge in [-0.25, -0.2) is 9.97 Å². The van der Waals surface area contributed by atoms with Gasteiger partial charge in [-0.3, -0.25) is 4.79 Å². The minimum atomic E-state index is -0.517. The number of fused-ring (bicyclic) bond motifs is 1. The summed E-state index contributed by atoms with van der Waals surface area (Å²) in [5.41, 5.74) is 2.65. The Morgan fingerprint density at radius 1 is 1.17 bits per heavy atom. The van der Waals surface area contributed by atoms with E-state index in [4.69, 9.17) is 23.2 Å². The summed E-state index contributed by atoms with van der Waals surface area (Å²) in [6.45, 7) is 6.65. The molecular weight excluding hydrogens is 411 g/mol. The predicted octanol–water partition coefficient (Wildman–Crippen LogP) is 3.78. The van der Waals surface area contributed by atoms with Gasteiger partial charge in [-0.2, -0.15) is 0 Å². The van der Waals surface area contributed by atoms with Crippen molar-refractivity contribution in [2.24, 2.45) is 0 Å². The van der Waals surface area contributed by atoms with Crippen molar-refractivity contribution in [3.05, 3.63) is 51.4 Å². The summed E-state index contributed by atoms with van der Waals surface area (Å²) in [5.74, 6) is 0.920. The van der Waals surface area contributed by atoms with Gasteiger partial charge in [0.15, 0.2) is 0 Å². The van der Waals surface area contributed by atoms with Gasteiger partial charge in [0.1, 0.15) is 12.1 Å². The third-order valence-electron chi connectivity index (χ3n) is 5.98. The number of hydrogen-bond donors (Lipinski definition) is 1. The van der Waals surface area contributed by atoms with Gasteiger partial charge in [-0.15, -0.1) is 0 Å². The molecule has 2 heterocycles. The van der Waals surface area contributed by atoms with Crippen LogP contribution < -0.4 is 4.90 Å². The van der Waals surface area contributed by atoms with Crippen LogP contribution in [0, 0.1) is 0 Å². The van der Waals surface area contributed by atoms with E-state index in [0.29, 0.717) is 42.6 Å². The van der Waals surface area contributed by atoms with Crippen molar-refractivity contribution in [1.29, 1.82) is 0 Å². The standard InChI is InChI=1S/C21H24Cl2N4O2/c1-12-9-17(28)19-18(12)20(25-11-24-19)26-5-7-27(8-6-26)21(29)13(2)14-3-4-15(22)16(23)10-14/h3-4,10-13,17,28H,5-9H2,1-2H3/t12-,13?,17-/m1/s1. The van der Waals surface area contributed by atoms with Crippen molar-refractivity contribution < 1.29 is 9.90 Å². The molecule has 2 aromatic rings. The summed E-state index contributed by atoms with van der Waals surface area (Å²) in [6.07, 6.45) is 1.69. The number of halogens is 2. The molecule has 1 amide bonds. The van der Waals surface area contributed by atoms with Crippen LogP contribution >= 0.6 is 23.2 Å². The zero-order chi connectivity index (χ0) is 20.7. The molecule has 1 N–H and O–H groups in total. The molecule has 0 spiro atoms. The van der Waals surface area contributed by atoms with E-state index in [1.54, 1.807) is 12.1 Å². The minimum Gasteiger partial charge on any atom is -0.387 e. The molecule has 6 nitrogen and oxygen atoms in total. The highest BCUT2D eigenvalue weighted by Crippen LogP contribution is 2.42. The quantitative estimate of drug-likeness (QED) is 0.795. The van der Waals surface area contributed by atoms with E-state index in [2.05, 4.69) is 21.8 Å². The summed E-state index contributed by atoms with van der Waals surface area (Å²) in [7, 11) is 0. The van der Waals surface area contributed by atoms with E-state index in [1.165, 1.54) is 6.33 Å². The van der Waals surface area contributed by atoms with Crippen molar-refractivity contribution in [2.75, 3.05) is 31.1 Å². The smallest absolute Gasteiger partial charge is 0.229 e. The lowest BCUT2D eigenvalue weighted by Crippen LogP contribution is -2.50. The first-order valence-corrected chi connectivity index (χ1v) is 10.6. The first kappa shape index (κ1) is 20.4. The zero-order valence-electron chi connectivity index (χ0n) is 16.5. The third kappa shape index (κ3) is 3.81. The van der Waals surface area contributed by atoms with E-state index in [9.17, 15) is 9.90 Å². The van der Waals surface area contributed by atoms with Gasteiger partial charge in [0.05, 0.1) is 27.8 Å². The van der Waals surface area contributed by atoms with Gasteiger partial charge in [-0.05, 0) is 37.0 Å². The van der Waals surface area contributed by atoms with Crippen molar-refractivity contribution in [3.63, 3.8) is 0 Å². The van der Waals surface area contributed by atoms with Gasteiger partial charge in [0.2, 0.25) is 5.91 Å². The second kappa shape index (κ2) is 8.09. The van der Waals surface area contributed by atoms with Crippen LogP contribution in [0.2, 0.25) is 10.0 Å². The largest absolute Gasteiger partial charge is 0.387 e. The van der Waals surface area contributed by atoms with Crippen LogP contribution in [0.3, 0.4) is 0 Å². The van der Waals surface area contributed by atoms with E-state index in [0.717, 1.165) is 22.6 Å². The SMILES string of the molecule is CC(C(=O)N1CCN(c2ncnc3c2[C@H](C)C[C@H]3O)CC1)c1ccc(Cl)c(Cl)c1. The number of benzene rings is 1. The van der Waals surface area contributed by atoms with Gasteiger partial charge in [-0.1, -0.05) is 36.2 Å². The lowest BCUT2D eigenvalue weighted by Gasteiger charge is -2.37. The summed E-state index contributed by atoms with van der Waals surface area (Å²) in [5, 5.41) is 11.2. The Labute approximate surface area is 180 Å². The highest BCUT2D eigenvalue weighted by atomic mass is 35.5. The molecule has 1 fully saturated rings. The van der Waals surface area contributed by atoms with Gasteiger partial charge >= 0.3 is 0 Å². The number of carbonyl (C=O) groups is 1. The molecule has 2 aliphatic rings. The normalized spacial score (nSPS) is 22.5. The fourth-order valence-corrected chi connectivity index (χ4v) is 4.60. The average Bonchev–Trinajstić information content (AvgIpc) is 3.03. The van der Waals surface area contributed by atoms with Crippen molar-refractivity contribution >= 4 is 34.9 Å². The fourth-order valence-electron chi connectivity index (χ4n) is 4.29. The molecule has 0 radical (unpaired) electrons. The van der Waals surface area contributed by atoms with Crippen molar-refractivity contribution in [1.82, 2.24) is 14.9 Å². The molecule has 1 aliphatic carbocycles. The van der Waals surface area contributed by atoms with Gasteiger partial charge < -0.3 is 14.9 Å². The summed E-state index contributed by atoms with van der Waals surface area (Å²) in [4.78, 5) is 25.9. The molecule has 1 aliphatic heterocycles. The predicted molar refractivity (Wildman–Crippen MR) is 114 cm³/mol. The Hall–Kier alpha value is -1.89. The molecule has 3 atom stereocenters. The number of carbonyl (C=O) groups excluding carboxylic acids is 1. The van der Waals surface area contributed by atoms with Gasteiger partial charge in [0, 0.05) is 31.7 Å². The minimum absolute atomic E-state index is 0.0831. The Kier molecular flexibility index (Phi) is 5.69. The highest BCUT2D eigenvalue weighted by molar-refractivity contribution is 6.42. The molecule has 1 unspecified atom stereocenters. The topological polar surface area (TPSA) is 69.6 Å². The summed E-state index contributed by atoms with van der Waals surface area (Å²) >= 11 is 12.1. The van der Waals surface area contributed by atoms with Crippen LogP contribution in [0.25, 0.3) is 0 Å². The Bertz CT molecular complexity index is 931. The molecule has 29 heavy (non-hydrogen) atoms. The van der Waals surface area contributed by atoms with Crippen LogP contribution in [0.15, 0.2) is 24.5 Å². The third-order valence-corrected chi connectivity index (χ3v) is 6.72. The lowest BCUT2D eigenvalue weighted by molar-refractivity contribution is -0.132. The first-order valence-electron chi connectivity index (χ1n) is 9.88. The van der Waals surface area contributed by atoms with E-state index in [1.807, 2.05) is 17.9 Å². The molecule has 8 heteroatoms. The molecule has 1 saturated heterocycles. The van der Waals surface area contributed by atoms with Crippen molar-refractivity contribution in [3.8, 4) is 0 Å². The molecule has 154 valence electrons. The molecule has 1 aromatic heterocycles. The van der Waals surface area contributed by atoms with E-state index in [-0.39, 0.29) is 17.7 Å². The van der Waals surface area contributed by atoms with Crippen molar-refractivity contribution in [2.45, 2.75) is 38.2 Å². The maximum atomic E-state index is 13.0. The van der Waals surface area contributed by atoms with E-state index < -0.39 is 6.10 Å². The number of nitrogens with zero attached hydrogens (tertiary/aromatic N) is 4. The second-order valence-corrected chi connectivity index (χ2v) is 8.67. The molecule has 0 bridgehead atoms. The summed E-state index contributed by atoms with van der Waals surface area (Å²) in [6, 6.07) is 5.34. The molecular formula is C21H24Cl2N4O2. The monoisotopic (exact) mass is 434 g/mol. The summed E-state index contributed by atoms with van der Waals surface area (Å²) < 4.78 is 0. The van der Waals surface area contributed by atoms with Crippen LogP contribution in [0.1, 0.15) is 55.0 Å². The molecule has 0 saturated carbocycles. The Morgan fingerprint density at radius 3 is 2.59 bits per heavy atom. The zero-order valence-corrected chi connectivity index (χ0v) is 18.0. The number of aliphatic hydroxyl groups excluding tert-OH is 1. The van der Waals surface area contributed by atoms with Crippen LogP contribution in [0.5, 0.6) is 0 Å². The number of aliphatic hydroxyl groups is 1. The first-order chi connectivity index (χ1) is 13.9. The number of anilines is 1. The lowest BCUT2D eigenvalue weighted by atomic mass is 9.99. The van der Waals surface area contributed by atoms with Gasteiger partial charge in [0.25, 0.3) is 0 Å². The number of piperazine rings is 1. The van der Waals surface area contributed by atoms with Crippen LogP contribution in [0.4, 0.5) is 5.82 Å². The number of hydrogen-bond acceptors (Lipinski definition) is 5. The number of aromatic nitrogens is 2. The number of amides is 1. The van der Waals surface area contributed by atoms with Crippen LogP contribution in [-0.4, -0.2) is 52.1 Å². The maximum Gasteiger partial charge on any atom is 0.229 e. The average molecular weight is 435 g/mol. The fraction of sp³-hybridized carbons (Fsp3) is 0.476. The van der Waals surface area contributed by atoms with E-state index >= 15 is 0 Å². The Morgan fingerprint density at radius 2 is 1.90 bits per heavy atom. The maximum absolute atomic E-state index is 13.0. The second-order valence-electron chi connectivity index (χ2n) is 7.86. The van der Waals surface area contributed by atoms with Crippen LogP contribution in [-0.2, 0) is 4.79 Å². The highest BCUT2D eigenvalue weighted by Gasteiger charge is 2.34. The molecule has 1 aromatic carbocycles. The molecule has 4 rings (SSSR count). The Balaban J connectivity index is 1.45.